The molecule has 3 aromatic heterocycles. The zero-order valence-corrected chi connectivity index (χ0v) is 10.7. The highest BCUT2D eigenvalue weighted by atomic mass is 16.3. The number of aryl methyl sites for hydroxylation is 1. The molecule has 0 saturated carbocycles. The van der Waals surface area contributed by atoms with Crippen molar-refractivity contribution < 1.29 is 5.11 Å². The second kappa shape index (κ2) is 4.81. The SMILES string of the molecule is CCn1ncnc1Cn1cc(CO)c2cccnc21. The fraction of sp³-hybridized carbons (Fsp3) is 0.308. The topological polar surface area (TPSA) is 68.8 Å². The predicted octanol–water partition coefficient (Wildman–Crippen LogP) is 1.19. The molecule has 0 aliphatic carbocycles. The smallest absolute Gasteiger partial charge is 0.146 e. The Bertz CT molecular complexity index is 700. The molecular weight excluding hydrogens is 242 g/mol. The molecule has 0 aromatic carbocycles. The zero-order valence-electron chi connectivity index (χ0n) is 10.7. The molecule has 0 radical (unpaired) electrons. The molecule has 0 aliphatic heterocycles. The summed E-state index contributed by atoms with van der Waals surface area (Å²) in [4.78, 5) is 8.65. The Hall–Kier alpha value is -2.21. The quantitative estimate of drug-likeness (QED) is 0.762. The second-order valence-electron chi connectivity index (χ2n) is 4.31. The van der Waals surface area contributed by atoms with Crippen LogP contribution in [0, 0.1) is 0 Å². The Labute approximate surface area is 110 Å². The van der Waals surface area contributed by atoms with Gasteiger partial charge in [-0.25, -0.2) is 14.6 Å². The molecule has 0 saturated heterocycles. The van der Waals surface area contributed by atoms with Crippen molar-refractivity contribution in [3.05, 3.63) is 42.2 Å². The van der Waals surface area contributed by atoms with Crippen molar-refractivity contribution in [2.75, 3.05) is 0 Å². The number of rotatable bonds is 4. The number of hydrogen-bond donors (Lipinski definition) is 1. The van der Waals surface area contributed by atoms with Crippen LogP contribution in [-0.4, -0.2) is 29.4 Å². The number of pyridine rings is 1. The van der Waals surface area contributed by atoms with Gasteiger partial charge in [-0.2, -0.15) is 5.10 Å². The summed E-state index contributed by atoms with van der Waals surface area (Å²) < 4.78 is 3.85. The predicted molar refractivity (Wildman–Crippen MR) is 70.5 cm³/mol. The Morgan fingerprint density at radius 2 is 2.21 bits per heavy atom. The summed E-state index contributed by atoms with van der Waals surface area (Å²) in [5.41, 5.74) is 1.74. The van der Waals surface area contributed by atoms with Crippen molar-refractivity contribution in [1.82, 2.24) is 24.3 Å². The molecule has 0 fully saturated rings. The average molecular weight is 257 g/mol. The molecule has 6 heteroatoms. The minimum Gasteiger partial charge on any atom is -0.392 e. The molecule has 0 atom stereocenters. The van der Waals surface area contributed by atoms with E-state index in [0.29, 0.717) is 6.54 Å². The van der Waals surface area contributed by atoms with Crippen LogP contribution in [0.25, 0.3) is 11.0 Å². The molecule has 98 valence electrons. The van der Waals surface area contributed by atoms with Gasteiger partial charge in [-0.15, -0.1) is 0 Å². The molecule has 19 heavy (non-hydrogen) atoms. The number of aliphatic hydroxyl groups excluding tert-OH is 1. The Morgan fingerprint density at radius 3 is 3.00 bits per heavy atom. The Balaban J connectivity index is 2.06. The number of fused-ring (bicyclic) bond motifs is 1. The minimum absolute atomic E-state index is 0.00958. The molecular formula is C13H15N5O. The van der Waals surface area contributed by atoms with Gasteiger partial charge in [-0.05, 0) is 19.1 Å². The van der Waals surface area contributed by atoms with E-state index in [9.17, 15) is 5.11 Å². The summed E-state index contributed by atoms with van der Waals surface area (Å²) in [5.74, 6) is 0.884. The maximum atomic E-state index is 9.40. The molecule has 1 N–H and O–H groups in total. The number of aliphatic hydroxyl groups is 1. The Morgan fingerprint density at radius 1 is 1.32 bits per heavy atom. The van der Waals surface area contributed by atoms with Gasteiger partial charge < -0.3 is 9.67 Å². The van der Waals surface area contributed by atoms with E-state index in [1.165, 1.54) is 0 Å². The van der Waals surface area contributed by atoms with Gasteiger partial charge in [0.15, 0.2) is 0 Å². The molecule has 0 spiro atoms. The van der Waals surface area contributed by atoms with Crippen molar-refractivity contribution in [1.29, 1.82) is 0 Å². The van der Waals surface area contributed by atoms with Gasteiger partial charge in [-0.1, -0.05) is 0 Å². The third kappa shape index (κ3) is 2.00. The first kappa shape index (κ1) is 11.9. The lowest BCUT2D eigenvalue weighted by atomic mass is 10.2. The van der Waals surface area contributed by atoms with Gasteiger partial charge in [0.05, 0.1) is 13.2 Å². The van der Waals surface area contributed by atoms with Crippen LogP contribution in [0.2, 0.25) is 0 Å². The summed E-state index contributed by atoms with van der Waals surface area (Å²) in [7, 11) is 0. The van der Waals surface area contributed by atoms with E-state index in [4.69, 9.17) is 0 Å². The van der Waals surface area contributed by atoms with E-state index in [2.05, 4.69) is 15.1 Å². The first-order chi connectivity index (χ1) is 9.33. The largest absolute Gasteiger partial charge is 0.392 e. The van der Waals surface area contributed by atoms with Crippen molar-refractivity contribution in [2.45, 2.75) is 26.6 Å². The molecule has 6 nitrogen and oxygen atoms in total. The maximum absolute atomic E-state index is 9.40. The van der Waals surface area contributed by atoms with Gasteiger partial charge in [-0.3, -0.25) is 0 Å². The van der Waals surface area contributed by atoms with Crippen molar-refractivity contribution in [3.8, 4) is 0 Å². The van der Waals surface area contributed by atoms with Crippen LogP contribution < -0.4 is 0 Å². The number of aromatic nitrogens is 5. The number of nitrogens with zero attached hydrogens (tertiary/aromatic N) is 5. The molecule has 0 bridgehead atoms. The first-order valence-corrected chi connectivity index (χ1v) is 6.23. The molecule has 0 unspecified atom stereocenters. The lowest BCUT2D eigenvalue weighted by Crippen LogP contribution is -2.08. The van der Waals surface area contributed by atoms with Crippen LogP contribution in [0.1, 0.15) is 18.3 Å². The van der Waals surface area contributed by atoms with Gasteiger partial charge in [0.1, 0.15) is 17.8 Å². The van der Waals surface area contributed by atoms with Crippen LogP contribution >= 0.6 is 0 Å². The zero-order chi connectivity index (χ0) is 13.2. The monoisotopic (exact) mass is 257 g/mol. The van der Waals surface area contributed by atoms with Gasteiger partial charge in [0.2, 0.25) is 0 Å². The van der Waals surface area contributed by atoms with Crippen LogP contribution in [0.15, 0.2) is 30.9 Å². The summed E-state index contributed by atoms with van der Waals surface area (Å²) in [5, 5.41) is 14.5. The maximum Gasteiger partial charge on any atom is 0.146 e. The van der Waals surface area contributed by atoms with E-state index in [-0.39, 0.29) is 6.61 Å². The van der Waals surface area contributed by atoms with Gasteiger partial charge in [0, 0.05) is 29.9 Å². The van der Waals surface area contributed by atoms with Crippen molar-refractivity contribution in [3.63, 3.8) is 0 Å². The third-order valence-corrected chi connectivity index (χ3v) is 3.19. The van der Waals surface area contributed by atoms with Crippen LogP contribution in [0.3, 0.4) is 0 Å². The molecule has 0 aliphatic rings. The van der Waals surface area contributed by atoms with E-state index in [1.54, 1.807) is 12.5 Å². The average Bonchev–Trinajstić information content (AvgIpc) is 3.04. The normalized spacial score (nSPS) is 11.3. The lowest BCUT2D eigenvalue weighted by Gasteiger charge is -2.05. The fourth-order valence-electron chi connectivity index (χ4n) is 2.27. The minimum atomic E-state index is 0.00958. The molecule has 3 heterocycles. The van der Waals surface area contributed by atoms with Crippen LogP contribution in [0.5, 0.6) is 0 Å². The number of hydrogen-bond acceptors (Lipinski definition) is 4. The summed E-state index contributed by atoms with van der Waals surface area (Å²) in [6.45, 7) is 3.43. The van der Waals surface area contributed by atoms with E-state index >= 15 is 0 Å². The fourth-order valence-corrected chi connectivity index (χ4v) is 2.27. The second-order valence-corrected chi connectivity index (χ2v) is 4.31. The standard InChI is InChI=1S/C13H15N5O/c1-2-18-12(15-9-16-18)7-17-6-10(8-19)11-4-3-5-14-13(11)17/h3-6,9,19H,2,7-8H2,1H3. The summed E-state index contributed by atoms with van der Waals surface area (Å²) in [6.07, 6.45) is 5.24. The highest BCUT2D eigenvalue weighted by Gasteiger charge is 2.11. The van der Waals surface area contributed by atoms with Crippen molar-refractivity contribution in [2.24, 2.45) is 0 Å². The van der Waals surface area contributed by atoms with Gasteiger partial charge >= 0.3 is 0 Å². The Kier molecular flexibility index (Phi) is 3.00. The van der Waals surface area contributed by atoms with Gasteiger partial charge in [0.25, 0.3) is 0 Å². The lowest BCUT2D eigenvalue weighted by molar-refractivity contribution is 0.283. The van der Waals surface area contributed by atoms with Crippen molar-refractivity contribution >= 4 is 11.0 Å². The van der Waals surface area contributed by atoms with E-state index < -0.39 is 0 Å². The van der Waals surface area contributed by atoms with E-state index in [0.717, 1.165) is 29.0 Å². The van der Waals surface area contributed by atoms with Crippen LogP contribution in [0.4, 0.5) is 0 Å². The highest BCUT2D eigenvalue weighted by Crippen LogP contribution is 2.20. The molecule has 3 rings (SSSR count). The first-order valence-electron chi connectivity index (χ1n) is 6.23. The molecule has 3 aromatic rings. The van der Waals surface area contributed by atoms with Crippen LogP contribution in [-0.2, 0) is 19.7 Å². The molecule has 0 amide bonds. The third-order valence-electron chi connectivity index (χ3n) is 3.19. The summed E-state index contributed by atoms with van der Waals surface area (Å²) >= 11 is 0. The highest BCUT2D eigenvalue weighted by molar-refractivity contribution is 5.80. The van der Waals surface area contributed by atoms with E-state index in [1.807, 2.05) is 34.5 Å². The summed E-state index contributed by atoms with van der Waals surface area (Å²) in [6, 6.07) is 3.84.